The second-order valence-corrected chi connectivity index (χ2v) is 6.58. The van der Waals surface area contributed by atoms with E-state index < -0.39 is 0 Å². The highest BCUT2D eigenvalue weighted by atomic mass is 127. The Balaban J connectivity index is 2.01. The molecule has 1 fully saturated rings. The van der Waals surface area contributed by atoms with Crippen molar-refractivity contribution in [2.24, 2.45) is 0 Å². The minimum absolute atomic E-state index is 0.00954. The monoisotopic (exact) mass is 331 g/mol. The van der Waals surface area contributed by atoms with Gasteiger partial charge in [0.15, 0.2) is 0 Å². The molecule has 1 aromatic rings. The molecule has 1 aromatic carbocycles. The first-order valence-corrected chi connectivity index (χ1v) is 6.86. The minimum atomic E-state index is -0.00954. The molecule has 1 N–H and O–H groups in total. The van der Waals surface area contributed by atoms with Gasteiger partial charge in [-0.3, -0.25) is 5.32 Å². The molecule has 0 bridgehead atoms. The van der Waals surface area contributed by atoms with Crippen LogP contribution in [0.15, 0.2) is 30.3 Å². The van der Waals surface area contributed by atoms with E-state index >= 15 is 0 Å². The van der Waals surface area contributed by atoms with Crippen LogP contribution in [0.2, 0.25) is 0 Å². The summed E-state index contributed by atoms with van der Waals surface area (Å²) in [5, 5.41) is 3.67. The molecular weight excluding hydrogens is 313 g/mol. The Morgan fingerprint density at radius 2 is 2.12 bits per heavy atom. The van der Waals surface area contributed by atoms with E-state index in [4.69, 9.17) is 4.74 Å². The lowest BCUT2D eigenvalue weighted by Gasteiger charge is -2.32. The maximum absolute atomic E-state index is 5.50. The molecule has 1 aliphatic rings. The molecule has 1 saturated heterocycles. The SMILES string of the molecule is C[C@](I)(N[C@@H]1CCCOC1)c1ccccc1. The molecule has 1 aliphatic heterocycles. The molecule has 0 spiro atoms. The molecule has 0 unspecified atom stereocenters. The largest absolute Gasteiger partial charge is 0.380 e. The van der Waals surface area contributed by atoms with Crippen molar-refractivity contribution in [3.63, 3.8) is 0 Å². The maximum Gasteiger partial charge on any atom is 0.0934 e. The number of nitrogens with one attached hydrogen (secondary N) is 1. The van der Waals surface area contributed by atoms with Gasteiger partial charge in [-0.15, -0.1) is 0 Å². The Kier molecular flexibility index (Phi) is 4.21. The third-order valence-corrected chi connectivity index (χ3v) is 3.89. The topological polar surface area (TPSA) is 21.3 Å². The molecule has 1 heterocycles. The highest BCUT2D eigenvalue weighted by Crippen LogP contribution is 2.29. The van der Waals surface area contributed by atoms with E-state index in [1.807, 2.05) is 0 Å². The molecular formula is C13H18INO. The van der Waals surface area contributed by atoms with Crippen LogP contribution in [-0.4, -0.2) is 19.3 Å². The lowest BCUT2D eigenvalue weighted by atomic mass is 10.1. The van der Waals surface area contributed by atoms with Gasteiger partial charge in [-0.25, -0.2) is 0 Å². The molecule has 2 atom stereocenters. The summed E-state index contributed by atoms with van der Waals surface area (Å²) in [6, 6.07) is 11.1. The maximum atomic E-state index is 5.50. The molecule has 0 aromatic heterocycles. The minimum Gasteiger partial charge on any atom is -0.380 e. The number of hydrogen-bond acceptors (Lipinski definition) is 2. The summed E-state index contributed by atoms with van der Waals surface area (Å²) in [7, 11) is 0. The van der Waals surface area contributed by atoms with Gasteiger partial charge < -0.3 is 4.74 Å². The van der Waals surface area contributed by atoms with Gasteiger partial charge >= 0.3 is 0 Å². The van der Waals surface area contributed by atoms with Crippen LogP contribution in [0, 0.1) is 0 Å². The average Bonchev–Trinajstić information content (AvgIpc) is 2.31. The highest BCUT2D eigenvalue weighted by Gasteiger charge is 2.26. The van der Waals surface area contributed by atoms with Crippen molar-refractivity contribution in [1.82, 2.24) is 5.32 Å². The van der Waals surface area contributed by atoms with E-state index in [0.717, 1.165) is 13.2 Å². The smallest absolute Gasteiger partial charge is 0.0934 e. The van der Waals surface area contributed by atoms with Crippen LogP contribution in [0.25, 0.3) is 0 Å². The Labute approximate surface area is 111 Å². The van der Waals surface area contributed by atoms with Gasteiger partial charge in [0.2, 0.25) is 0 Å². The number of halogens is 1. The van der Waals surface area contributed by atoms with E-state index in [1.165, 1.54) is 18.4 Å². The van der Waals surface area contributed by atoms with E-state index in [-0.39, 0.29) is 3.55 Å². The fourth-order valence-corrected chi connectivity index (χ4v) is 2.87. The fourth-order valence-electron chi connectivity index (χ4n) is 2.07. The number of alkyl halides is 1. The predicted molar refractivity (Wildman–Crippen MR) is 74.8 cm³/mol. The van der Waals surface area contributed by atoms with Gasteiger partial charge in [-0.05, 0) is 25.3 Å². The van der Waals surface area contributed by atoms with Crippen molar-refractivity contribution in [3.8, 4) is 0 Å². The van der Waals surface area contributed by atoms with Crippen LogP contribution < -0.4 is 5.32 Å². The van der Waals surface area contributed by atoms with Gasteiger partial charge in [0.1, 0.15) is 0 Å². The first-order chi connectivity index (χ1) is 7.68. The summed E-state index contributed by atoms with van der Waals surface area (Å²) in [6.45, 7) is 3.98. The average molecular weight is 331 g/mol. The summed E-state index contributed by atoms with van der Waals surface area (Å²) in [5.41, 5.74) is 1.32. The Bertz CT molecular complexity index is 320. The summed E-state index contributed by atoms with van der Waals surface area (Å²) < 4.78 is 5.49. The second-order valence-electron chi connectivity index (χ2n) is 4.43. The molecule has 2 rings (SSSR count). The zero-order chi connectivity index (χ0) is 11.4. The number of benzene rings is 1. The van der Waals surface area contributed by atoms with Gasteiger partial charge in [0.05, 0.1) is 10.2 Å². The van der Waals surface area contributed by atoms with Crippen molar-refractivity contribution in [2.75, 3.05) is 13.2 Å². The number of hydrogen-bond donors (Lipinski definition) is 1. The van der Waals surface area contributed by atoms with Gasteiger partial charge in [0.25, 0.3) is 0 Å². The quantitative estimate of drug-likeness (QED) is 0.522. The summed E-state index contributed by atoms with van der Waals surface area (Å²) >= 11 is 2.48. The molecule has 0 radical (unpaired) electrons. The molecule has 0 amide bonds. The van der Waals surface area contributed by atoms with Gasteiger partial charge in [-0.1, -0.05) is 52.9 Å². The lowest BCUT2D eigenvalue weighted by molar-refractivity contribution is 0.0661. The summed E-state index contributed by atoms with van der Waals surface area (Å²) in [5.74, 6) is 0. The normalized spacial score (nSPS) is 25.0. The molecule has 16 heavy (non-hydrogen) atoms. The van der Waals surface area contributed by atoms with Crippen molar-refractivity contribution in [3.05, 3.63) is 35.9 Å². The van der Waals surface area contributed by atoms with Crippen molar-refractivity contribution >= 4 is 22.6 Å². The first kappa shape index (κ1) is 12.3. The highest BCUT2D eigenvalue weighted by molar-refractivity contribution is 14.1. The molecule has 88 valence electrons. The molecule has 0 saturated carbocycles. The lowest BCUT2D eigenvalue weighted by Crippen LogP contribution is -2.45. The molecule has 0 aliphatic carbocycles. The third kappa shape index (κ3) is 3.18. The second kappa shape index (κ2) is 5.47. The van der Waals surface area contributed by atoms with Gasteiger partial charge in [0, 0.05) is 12.6 Å². The van der Waals surface area contributed by atoms with Crippen LogP contribution in [0.1, 0.15) is 25.3 Å². The van der Waals surface area contributed by atoms with Crippen LogP contribution in [0.4, 0.5) is 0 Å². The zero-order valence-electron chi connectivity index (χ0n) is 9.58. The Hall–Kier alpha value is -0.130. The predicted octanol–water partition coefficient (Wildman–Crippen LogP) is 3.06. The van der Waals surface area contributed by atoms with Crippen molar-refractivity contribution in [2.45, 2.75) is 29.4 Å². The first-order valence-electron chi connectivity index (χ1n) is 5.78. The van der Waals surface area contributed by atoms with Crippen molar-refractivity contribution < 1.29 is 4.74 Å². The molecule has 2 nitrogen and oxygen atoms in total. The number of rotatable bonds is 3. The fraction of sp³-hybridized carbons (Fsp3) is 0.538. The van der Waals surface area contributed by atoms with E-state index in [2.05, 4.69) is 65.2 Å². The summed E-state index contributed by atoms with van der Waals surface area (Å²) in [4.78, 5) is 0. The Morgan fingerprint density at radius 3 is 2.75 bits per heavy atom. The van der Waals surface area contributed by atoms with E-state index in [0.29, 0.717) is 6.04 Å². The van der Waals surface area contributed by atoms with Crippen molar-refractivity contribution in [1.29, 1.82) is 0 Å². The number of ether oxygens (including phenoxy) is 1. The summed E-state index contributed by atoms with van der Waals surface area (Å²) in [6.07, 6.45) is 2.38. The van der Waals surface area contributed by atoms with Crippen LogP contribution in [-0.2, 0) is 8.28 Å². The third-order valence-electron chi connectivity index (χ3n) is 2.95. The van der Waals surface area contributed by atoms with E-state index in [9.17, 15) is 0 Å². The van der Waals surface area contributed by atoms with Crippen LogP contribution >= 0.6 is 22.6 Å². The Morgan fingerprint density at radius 1 is 1.38 bits per heavy atom. The van der Waals surface area contributed by atoms with Crippen LogP contribution in [0.5, 0.6) is 0 Å². The van der Waals surface area contributed by atoms with Crippen LogP contribution in [0.3, 0.4) is 0 Å². The van der Waals surface area contributed by atoms with Gasteiger partial charge in [-0.2, -0.15) is 0 Å². The zero-order valence-corrected chi connectivity index (χ0v) is 11.7. The van der Waals surface area contributed by atoms with E-state index in [1.54, 1.807) is 0 Å². The molecule has 3 heteroatoms. The standard InChI is InChI=1S/C13H18INO/c1-13(14,11-6-3-2-4-7-11)15-12-8-5-9-16-10-12/h2-4,6-7,12,15H,5,8-10H2,1H3/t12-,13+/m1/s1.